The van der Waals surface area contributed by atoms with Crippen molar-refractivity contribution in [2.24, 2.45) is 11.8 Å². The molecule has 0 aliphatic carbocycles. The highest BCUT2D eigenvalue weighted by Crippen LogP contribution is 2.35. The number of nitrogens with zero attached hydrogens (tertiary/aromatic N) is 2. The lowest BCUT2D eigenvalue weighted by Crippen LogP contribution is -2.61. The number of carbonyl (C=O) groups excluding carboxylic acids is 2. The third kappa shape index (κ3) is 1.80. The van der Waals surface area contributed by atoms with E-state index in [0.717, 1.165) is 58.3 Å². The summed E-state index contributed by atoms with van der Waals surface area (Å²) in [6.07, 6.45) is 4.94. The number of carbonyl (C=O) groups is 2. The number of rotatable bonds is 2. The third-order valence-corrected chi connectivity index (χ3v) is 5.85. The van der Waals surface area contributed by atoms with Gasteiger partial charge < -0.3 is 0 Å². The zero-order valence-electron chi connectivity index (χ0n) is 11.4. The van der Waals surface area contributed by atoms with E-state index in [-0.39, 0.29) is 12.1 Å². The molecular formula is C15H22N2O2. The molecule has 4 heteroatoms. The molecule has 6 fully saturated rings. The van der Waals surface area contributed by atoms with E-state index < -0.39 is 0 Å². The molecule has 0 amide bonds. The van der Waals surface area contributed by atoms with Gasteiger partial charge in [0.2, 0.25) is 0 Å². The van der Waals surface area contributed by atoms with Gasteiger partial charge in [-0.2, -0.15) is 0 Å². The summed E-state index contributed by atoms with van der Waals surface area (Å²) in [5.74, 6) is 1.43. The van der Waals surface area contributed by atoms with Crippen LogP contribution in [0.4, 0.5) is 0 Å². The lowest BCUT2D eigenvalue weighted by molar-refractivity contribution is -0.143. The third-order valence-electron chi connectivity index (χ3n) is 5.85. The molecule has 4 bridgehead atoms. The molecule has 104 valence electrons. The first-order valence-corrected chi connectivity index (χ1v) is 7.79. The Kier molecular flexibility index (Phi) is 2.78. The van der Waals surface area contributed by atoms with Crippen LogP contribution >= 0.6 is 0 Å². The summed E-state index contributed by atoms with van der Waals surface area (Å²) in [5.41, 5.74) is 0. The van der Waals surface area contributed by atoms with E-state index >= 15 is 0 Å². The van der Waals surface area contributed by atoms with Gasteiger partial charge in [0.1, 0.15) is 0 Å². The van der Waals surface area contributed by atoms with Crippen molar-refractivity contribution in [3.8, 4) is 0 Å². The Balaban J connectivity index is 1.52. The van der Waals surface area contributed by atoms with Crippen molar-refractivity contribution in [2.45, 2.75) is 44.2 Å². The number of hydrogen-bond donors (Lipinski definition) is 0. The van der Waals surface area contributed by atoms with Crippen molar-refractivity contribution in [3.63, 3.8) is 0 Å². The minimum absolute atomic E-state index is 0.0424. The van der Waals surface area contributed by atoms with E-state index in [9.17, 15) is 9.59 Å². The SMILES string of the molecule is O=C1C2CCN(CC2)C1CC1C(=O)C2CCN1CC2. The lowest BCUT2D eigenvalue weighted by Gasteiger charge is -2.49. The topological polar surface area (TPSA) is 40.6 Å². The largest absolute Gasteiger partial charge is 0.298 e. The molecule has 0 spiro atoms. The van der Waals surface area contributed by atoms with Crippen LogP contribution in [-0.4, -0.2) is 59.6 Å². The summed E-state index contributed by atoms with van der Waals surface area (Å²) >= 11 is 0. The Labute approximate surface area is 114 Å². The van der Waals surface area contributed by atoms with Crippen LogP contribution in [-0.2, 0) is 9.59 Å². The highest BCUT2D eigenvalue weighted by Gasteiger charge is 2.47. The van der Waals surface area contributed by atoms with Crippen LogP contribution < -0.4 is 0 Å². The highest BCUT2D eigenvalue weighted by atomic mass is 16.1. The molecule has 2 atom stereocenters. The van der Waals surface area contributed by atoms with E-state index in [1.165, 1.54) is 0 Å². The number of ketones is 2. The first kappa shape index (κ1) is 12.0. The van der Waals surface area contributed by atoms with E-state index in [1.54, 1.807) is 0 Å². The molecule has 6 rings (SSSR count). The van der Waals surface area contributed by atoms with Gasteiger partial charge in [-0.3, -0.25) is 19.4 Å². The van der Waals surface area contributed by atoms with Gasteiger partial charge in [-0.25, -0.2) is 0 Å². The molecule has 4 nitrogen and oxygen atoms in total. The maximum atomic E-state index is 12.4. The van der Waals surface area contributed by atoms with Crippen molar-refractivity contribution in [1.29, 1.82) is 0 Å². The average Bonchev–Trinajstić information content (AvgIpc) is 2.47. The fourth-order valence-electron chi connectivity index (χ4n) is 4.64. The number of Topliss-reactive ketones (excluding diaryl/α,β-unsaturated/α-hetero) is 2. The first-order valence-electron chi connectivity index (χ1n) is 7.79. The second kappa shape index (κ2) is 4.38. The maximum absolute atomic E-state index is 12.4. The molecule has 0 aromatic heterocycles. The summed E-state index contributed by atoms with van der Waals surface area (Å²) in [5, 5.41) is 0. The van der Waals surface area contributed by atoms with Crippen LogP contribution in [0.3, 0.4) is 0 Å². The Morgan fingerprint density at radius 3 is 1.42 bits per heavy atom. The van der Waals surface area contributed by atoms with Crippen molar-refractivity contribution in [2.75, 3.05) is 26.2 Å². The van der Waals surface area contributed by atoms with Gasteiger partial charge in [0, 0.05) is 11.8 Å². The summed E-state index contributed by atoms with van der Waals surface area (Å²) in [6.45, 7) is 4.24. The number of fused-ring (bicyclic) bond motifs is 6. The monoisotopic (exact) mass is 262 g/mol. The van der Waals surface area contributed by atoms with Crippen molar-refractivity contribution < 1.29 is 9.59 Å². The van der Waals surface area contributed by atoms with Crippen LogP contribution in [0.2, 0.25) is 0 Å². The van der Waals surface area contributed by atoms with Gasteiger partial charge in [-0.1, -0.05) is 0 Å². The molecular weight excluding hydrogens is 240 g/mol. The van der Waals surface area contributed by atoms with Gasteiger partial charge in [0.05, 0.1) is 12.1 Å². The van der Waals surface area contributed by atoms with Crippen LogP contribution in [0.1, 0.15) is 32.1 Å². The molecule has 19 heavy (non-hydrogen) atoms. The van der Waals surface area contributed by atoms with E-state index in [1.807, 2.05) is 0 Å². The predicted molar refractivity (Wildman–Crippen MR) is 70.8 cm³/mol. The van der Waals surface area contributed by atoms with Crippen molar-refractivity contribution in [3.05, 3.63) is 0 Å². The van der Waals surface area contributed by atoms with Crippen molar-refractivity contribution in [1.82, 2.24) is 9.80 Å². The zero-order valence-corrected chi connectivity index (χ0v) is 11.4. The van der Waals surface area contributed by atoms with Crippen LogP contribution in [0.5, 0.6) is 0 Å². The van der Waals surface area contributed by atoms with Crippen LogP contribution in [0, 0.1) is 11.8 Å². The van der Waals surface area contributed by atoms with Gasteiger partial charge in [0.25, 0.3) is 0 Å². The molecule has 0 aromatic carbocycles. The van der Waals surface area contributed by atoms with Crippen molar-refractivity contribution >= 4 is 11.6 Å². The van der Waals surface area contributed by atoms with E-state index in [2.05, 4.69) is 9.80 Å². The van der Waals surface area contributed by atoms with E-state index in [4.69, 9.17) is 0 Å². The molecule has 0 N–H and O–H groups in total. The second-order valence-electron chi connectivity index (χ2n) is 6.69. The Bertz CT molecular complexity index is 368. The summed E-state index contributed by atoms with van der Waals surface area (Å²) in [4.78, 5) is 29.5. The number of hydrogen-bond acceptors (Lipinski definition) is 4. The average molecular weight is 262 g/mol. The van der Waals surface area contributed by atoms with Gasteiger partial charge in [-0.15, -0.1) is 0 Å². The second-order valence-corrected chi connectivity index (χ2v) is 6.69. The smallest absolute Gasteiger partial charge is 0.153 e. The molecule has 0 radical (unpaired) electrons. The summed E-state index contributed by atoms with van der Waals surface area (Å²) < 4.78 is 0. The Morgan fingerprint density at radius 2 is 1.11 bits per heavy atom. The minimum atomic E-state index is 0.0424. The minimum Gasteiger partial charge on any atom is -0.298 e. The number of piperidine rings is 6. The highest BCUT2D eigenvalue weighted by molar-refractivity contribution is 5.91. The molecule has 0 aromatic rings. The molecule has 6 aliphatic heterocycles. The first-order chi connectivity index (χ1) is 9.24. The summed E-state index contributed by atoms with van der Waals surface area (Å²) in [6, 6.07) is 0.0848. The van der Waals surface area contributed by atoms with Gasteiger partial charge in [0.15, 0.2) is 11.6 Å². The standard InChI is InChI=1S/C15H22N2O2/c18-14-10-1-5-16(6-2-10)12(14)9-13-15(19)11-3-7-17(13)8-4-11/h10-13H,1-9H2. The molecule has 0 saturated carbocycles. The fraction of sp³-hybridized carbons (Fsp3) is 0.867. The maximum Gasteiger partial charge on any atom is 0.153 e. The Morgan fingerprint density at radius 1 is 0.737 bits per heavy atom. The predicted octanol–water partition coefficient (Wildman–Crippen LogP) is 0.703. The molecule has 6 heterocycles. The molecule has 6 saturated heterocycles. The van der Waals surface area contributed by atoms with Gasteiger partial charge >= 0.3 is 0 Å². The van der Waals surface area contributed by atoms with Crippen LogP contribution in [0.25, 0.3) is 0 Å². The lowest BCUT2D eigenvalue weighted by atomic mass is 9.75. The van der Waals surface area contributed by atoms with Gasteiger partial charge in [-0.05, 0) is 58.3 Å². The van der Waals surface area contributed by atoms with E-state index in [0.29, 0.717) is 23.4 Å². The van der Waals surface area contributed by atoms with Crippen LogP contribution in [0.15, 0.2) is 0 Å². The molecule has 2 unspecified atom stereocenters. The zero-order chi connectivity index (χ0) is 13.0. The Hall–Kier alpha value is -0.740. The quantitative estimate of drug-likeness (QED) is 0.734. The molecule has 6 aliphatic rings. The summed E-state index contributed by atoms with van der Waals surface area (Å²) in [7, 11) is 0. The fourth-order valence-corrected chi connectivity index (χ4v) is 4.64. The normalized spacial score (nSPS) is 48.8.